The van der Waals surface area contributed by atoms with Gasteiger partial charge in [-0.3, -0.25) is 0 Å². The van der Waals surface area contributed by atoms with Crippen LogP contribution in [0.15, 0.2) is 42.7 Å². The van der Waals surface area contributed by atoms with Gasteiger partial charge in [0.15, 0.2) is 5.65 Å². The summed E-state index contributed by atoms with van der Waals surface area (Å²) >= 11 is 5.84. The van der Waals surface area contributed by atoms with Gasteiger partial charge in [0.2, 0.25) is 0 Å². The predicted molar refractivity (Wildman–Crippen MR) is 67.8 cm³/mol. The first-order valence-electron chi connectivity index (χ1n) is 5.09. The SMILES string of the molecule is Nc1cnc2cc(-c3ccc(Cl)cc3)nn2c1. The van der Waals surface area contributed by atoms with Crippen LogP contribution in [-0.4, -0.2) is 14.6 Å². The molecule has 0 spiro atoms. The molecule has 0 aliphatic heterocycles. The summed E-state index contributed by atoms with van der Waals surface area (Å²) < 4.78 is 1.67. The van der Waals surface area contributed by atoms with Crippen LogP contribution in [0.4, 0.5) is 5.69 Å². The van der Waals surface area contributed by atoms with Crippen LogP contribution in [0.1, 0.15) is 0 Å². The Balaban J connectivity index is 2.14. The highest BCUT2D eigenvalue weighted by molar-refractivity contribution is 6.30. The van der Waals surface area contributed by atoms with E-state index in [2.05, 4.69) is 10.1 Å². The first-order valence-corrected chi connectivity index (χ1v) is 5.47. The van der Waals surface area contributed by atoms with E-state index in [4.69, 9.17) is 17.3 Å². The van der Waals surface area contributed by atoms with E-state index in [1.54, 1.807) is 16.9 Å². The highest BCUT2D eigenvalue weighted by Gasteiger charge is 2.05. The fraction of sp³-hybridized carbons (Fsp3) is 0. The Bertz CT molecular complexity index is 673. The zero-order chi connectivity index (χ0) is 11.8. The first-order chi connectivity index (χ1) is 8.22. The van der Waals surface area contributed by atoms with E-state index < -0.39 is 0 Å². The molecule has 0 saturated heterocycles. The normalized spacial score (nSPS) is 10.9. The Hall–Kier alpha value is -2.07. The first kappa shape index (κ1) is 10.1. The Labute approximate surface area is 103 Å². The largest absolute Gasteiger partial charge is 0.396 e. The van der Waals surface area contributed by atoms with Crippen LogP contribution in [0.2, 0.25) is 5.02 Å². The smallest absolute Gasteiger partial charge is 0.155 e. The summed E-state index contributed by atoms with van der Waals surface area (Å²) in [6.45, 7) is 0. The number of hydrogen-bond donors (Lipinski definition) is 1. The van der Waals surface area contributed by atoms with E-state index in [-0.39, 0.29) is 0 Å². The molecule has 0 bridgehead atoms. The molecule has 5 heteroatoms. The van der Waals surface area contributed by atoms with Gasteiger partial charge in [0.05, 0.1) is 23.8 Å². The van der Waals surface area contributed by atoms with Crippen molar-refractivity contribution in [2.24, 2.45) is 0 Å². The topological polar surface area (TPSA) is 56.2 Å². The average molecular weight is 245 g/mol. The second kappa shape index (κ2) is 3.75. The maximum absolute atomic E-state index is 5.84. The monoisotopic (exact) mass is 244 g/mol. The molecule has 0 amide bonds. The molecule has 17 heavy (non-hydrogen) atoms. The number of nitrogens with zero attached hydrogens (tertiary/aromatic N) is 3. The van der Waals surface area contributed by atoms with Gasteiger partial charge in [0.25, 0.3) is 0 Å². The molecule has 3 rings (SSSR count). The third-order valence-corrected chi connectivity index (χ3v) is 2.73. The minimum atomic E-state index is 0.586. The van der Waals surface area contributed by atoms with Gasteiger partial charge in [-0.1, -0.05) is 23.7 Å². The predicted octanol–water partition coefficient (Wildman–Crippen LogP) is 2.63. The molecular formula is C12H9ClN4. The molecule has 2 N–H and O–H groups in total. The maximum atomic E-state index is 5.84. The van der Waals surface area contributed by atoms with Crippen molar-refractivity contribution in [3.63, 3.8) is 0 Å². The van der Waals surface area contributed by atoms with Gasteiger partial charge < -0.3 is 5.73 Å². The molecule has 2 heterocycles. The molecule has 0 radical (unpaired) electrons. The maximum Gasteiger partial charge on any atom is 0.155 e. The lowest BCUT2D eigenvalue weighted by molar-refractivity contribution is 0.946. The lowest BCUT2D eigenvalue weighted by Crippen LogP contribution is -1.93. The highest BCUT2D eigenvalue weighted by atomic mass is 35.5. The van der Waals surface area contributed by atoms with Gasteiger partial charge in [0.1, 0.15) is 0 Å². The van der Waals surface area contributed by atoms with E-state index >= 15 is 0 Å². The molecule has 2 aromatic heterocycles. The van der Waals surface area contributed by atoms with E-state index in [0.29, 0.717) is 10.7 Å². The van der Waals surface area contributed by atoms with E-state index in [1.807, 2.05) is 30.3 Å². The van der Waals surface area contributed by atoms with Crippen molar-refractivity contribution in [1.29, 1.82) is 0 Å². The molecule has 0 fully saturated rings. The summed E-state index contributed by atoms with van der Waals surface area (Å²) in [4.78, 5) is 4.19. The summed E-state index contributed by atoms with van der Waals surface area (Å²) in [5.41, 5.74) is 8.85. The molecule has 0 saturated carbocycles. The highest BCUT2D eigenvalue weighted by Crippen LogP contribution is 2.21. The minimum absolute atomic E-state index is 0.586. The molecule has 0 atom stereocenters. The van der Waals surface area contributed by atoms with Gasteiger partial charge in [-0.25, -0.2) is 9.50 Å². The van der Waals surface area contributed by atoms with Gasteiger partial charge >= 0.3 is 0 Å². The summed E-state index contributed by atoms with van der Waals surface area (Å²) in [5, 5.41) is 5.11. The van der Waals surface area contributed by atoms with Gasteiger partial charge in [0, 0.05) is 16.7 Å². The van der Waals surface area contributed by atoms with Crippen molar-refractivity contribution >= 4 is 22.9 Å². The van der Waals surface area contributed by atoms with Crippen molar-refractivity contribution in [3.8, 4) is 11.3 Å². The number of fused-ring (bicyclic) bond motifs is 1. The summed E-state index contributed by atoms with van der Waals surface area (Å²) in [6.07, 6.45) is 3.35. The van der Waals surface area contributed by atoms with Crippen LogP contribution in [0.3, 0.4) is 0 Å². The summed E-state index contributed by atoms with van der Waals surface area (Å²) in [7, 11) is 0. The number of aromatic nitrogens is 3. The number of anilines is 1. The number of benzene rings is 1. The van der Waals surface area contributed by atoms with Crippen LogP contribution < -0.4 is 5.73 Å². The fourth-order valence-corrected chi connectivity index (χ4v) is 1.78. The fourth-order valence-electron chi connectivity index (χ4n) is 1.65. The second-order valence-corrected chi connectivity index (χ2v) is 4.16. The molecule has 3 aromatic rings. The molecule has 4 nitrogen and oxygen atoms in total. The molecule has 0 unspecified atom stereocenters. The van der Waals surface area contributed by atoms with Crippen LogP contribution in [-0.2, 0) is 0 Å². The van der Waals surface area contributed by atoms with E-state index in [9.17, 15) is 0 Å². The van der Waals surface area contributed by atoms with E-state index in [0.717, 1.165) is 16.9 Å². The zero-order valence-electron chi connectivity index (χ0n) is 8.84. The summed E-state index contributed by atoms with van der Waals surface area (Å²) in [6, 6.07) is 9.43. The lowest BCUT2D eigenvalue weighted by atomic mass is 10.2. The quantitative estimate of drug-likeness (QED) is 0.716. The Kier molecular flexibility index (Phi) is 2.23. The molecular weight excluding hydrogens is 236 g/mol. The van der Waals surface area contributed by atoms with Crippen LogP contribution in [0, 0.1) is 0 Å². The van der Waals surface area contributed by atoms with Crippen LogP contribution in [0.5, 0.6) is 0 Å². The number of hydrogen-bond acceptors (Lipinski definition) is 3. The van der Waals surface area contributed by atoms with Crippen molar-refractivity contribution < 1.29 is 0 Å². The number of halogens is 1. The lowest BCUT2D eigenvalue weighted by Gasteiger charge is -1.95. The average Bonchev–Trinajstić information content (AvgIpc) is 2.72. The Morgan fingerprint density at radius 1 is 1.18 bits per heavy atom. The third kappa shape index (κ3) is 1.83. The van der Waals surface area contributed by atoms with Crippen LogP contribution in [0.25, 0.3) is 16.9 Å². The van der Waals surface area contributed by atoms with Gasteiger partial charge in [-0.15, -0.1) is 0 Å². The number of nitrogens with two attached hydrogens (primary N) is 1. The van der Waals surface area contributed by atoms with Crippen molar-refractivity contribution in [3.05, 3.63) is 47.7 Å². The molecule has 84 valence electrons. The van der Waals surface area contributed by atoms with Gasteiger partial charge in [-0.2, -0.15) is 5.10 Å². The summed E-state index contributed by atoms with van der Waals surface area (Å²) in [5.74, 6) is 0. The molecule has 0 aliphatic rings. The third-order valence-electron chi connectivity index (χ3n) is 2.47. The number of rotatable bonds is 1. The van der Waals surface area contributed by atoms with Gasteiger partial charge in [-0.05, 0) is 12.1 Å². The van der Waals surface area contributed by atoms with Crippen molar-refractivity contribution in [1.82, 2.24) is 14.6 Å². The van der Waals surface area contributed by atoms with Crippen molar-refractivity contribution in [2.75, 3.05) is 5.73 Å². The zero-order valence-corrected chi connectivity index (χ0v) is 9.59. The van der Waals surface area contributed by atoms with Crippen molar-refractivity contribution in [2.45, 2.75) is 0 Å². The standard InChI is InChI=1S/C12H9ClN4/c13-9-3-1-8(2-4-9)11-5-12-15-6-10(14)7-17(12)16-11/h1-7H,14H2. The molecule has 0 aliphatic carbocycles. The van der Waals surface area contributed by atoms with Crippen LogP contribution >= 0.6 is 11.6 Å². The van der Waals surface area contributed by atoms with E-state index in [1.165, 1.54) is 0 Å². The molecule has 1 aromatic carbocycles. The Morgan fingerprint density at radius 2 is 1.94 bits per heavy atom. The number of nitrogen functional groups attached to an aromatic ring is 1. The minimum Gasteiger partial charge on any atom is -0.396 e. The Morgan fingerprint density at radius 3 is 2.71 bits per heavy atom. The second-order valence-electron chi connectivity index (χ2n) is 3.73.